The number of hydrogen-bond donors (Lipinski definition) is 1. The summed E-state index contributed by atoms with van der Waals surface area (Å²) in [5.74, 6) is 0.771. The summed E-state index contributed by atoms with van der Waals surface area (Å²) in [7, 11) is 0. The maximum absolute atomic E-state index is 6.53. The molecule has 1 aliphatic rings. The number of aryl methyl sites for hydroxylation is 1. The van der Waals surface area contributed by atoms with Crippen molar-refractivity contribution in [1.29, 1.82) is 0 Å². The zero-order valence-corrected chi connectivity index (χ0v) is 12.3. The lowest BCUT2D eigenvalue weighted by atomic mass is 9.78. The molecule has 0 aromatic carbocycles. The molecule has 0 radical (unpaired) electrons. The molecule has 19 heavy (non-hydrogen) atoms. The molecule has 0 spiro atoms. The molecule has 0 bridgehead atoms. The molecule has 3 atom stereocenters. The minimum absolute atomic E-state index is 0.0360. The van der Waals surface area contributed by atoms with Crippen molar-refractivity contribution in [3.05, 3.63) is 29.6 Å². The molecule has 0 aliphatic heterocycles. The van der Waals surface area contributed by atoms with Gasteiger partial charge in [0.1, 0.15) is 0 Å². The molecule has 2 rings (SSSR count). The Labute approximate surface area is 116 Å². The van der Waals surface area contributed by atoms with Crippen molar-refractivity contribution in [2.75, 3.05) is 6.61 Å². The van der Waals surface area contributed by atoms with Crippen LogP contribution in [0.4, 0.5) is 0 Å². The summed E-state index contributed by atoms with van der Waals surface area (Å²) in [5, 5.41) is 0. The van der Waals surface area contributed by atoms with Crippen LogP contribution < -0.4 is 5.73 Å². The fraction of sp³-hybridized carbons (Fsp3) is 0.688. The van der Waals surface area contributed by atoms with Gasteiger partial charge in [-0.3, -0.25) is 4.98 Å². The predicted molar refractivity (Wildman–Crippen MR) is 78.1 cm³/mol. The topological polar surface area (TPSA) is 48.1 Å². The maximum Gasteiger partial charge on any atom is 0.0755 e. The largest absolute Gasteiger partial charge is 0.377 e. The molecule has 1 aromatic heterocycles. The molecule has 0 saturated heterocycles. The van der Waals surface area contributed by atoms with Crippen molar-refractivity contribution in [2.45, 2.75) is 58.1 Å². The summed E-state index contributed by atoms with van der Waals surface area (Å²) in [4.78, 5) is 4.59. The van der Waals surface area contributed by atoms with Gasteiger partial charge in [-0.15, -0.1) is 0 Å². The zero-order valence-electron chi connectivity index (χ0n) is 12.3. The number of fused-ring (bicyclic) bond motifs is 1. The van der Waals surface area contributed by atoms with Crippen LogP contribution in [-0.2, 0) is 11.2 Å². The molecule has 106 valence electrons. The van der Waals surface area contributed by atoms with Crippen molar-refractivity contribution < 1.29 is 4.74 Å². The lowest BCUT2D eigenvalue weighted by Gasteiger charge is -2.35. The van der Waals surface area contributed by atoms with E-state index in [2.05, 4.69) is 24.9 Å². The summed E-state index contributed by atoms with van der Waals surface area (Å²) in [6, 6.07) is 4.25. The average molecular weight is 262 g/mol. The summed E-state index contributed by atoms with van der Waals surface area (Å²) in [6.07, 6.45) is 5.46. The fourth-order valence-electron chi connectivity index (χ4n) is 3.19. The first-order chi connectivity index (χ1) is 9.15. The third kappa shape index (κ3) is 3.15. The van der Waals surface area contributed by atoms with Gasteiger partial charge in [0.05, 0.1) is 6.10 Å². The first-order valence-corrected chi connectivity index (χ1v) is 7.46. The van der Waals surface area contributed by atoms with Gasteiger partial charge < -0.3 is 10.5 Å². The Balaban J connectivity index is 2.22. The normalized spacial score (nSPS) is 22.1. The van der Waals surface area contributed by atoms with Crippen LogP contribution in [0.5, 0.6) is 0 Å². The van der Waals surface area contributed by atoms with E-state index in [-0.39, 0.29) is 12.1 Å². The van der Waals surface area contributed by atoms with Crippen LogP contribution in [0.2, 0.25) is 0 Å². The second-order valence-electron chi connectivity index (χ2n) is 5.79. The van der Waals surface area contributed by atoms with Crippen LogP contribution >= 0.6 is 0 Å². The summed E-state index contributed by atoms with van der Waals surface area (Å²) < 4.78 is 5.88. The van der Waals surface area contributed by atoms with Gasteiger partial charge in [0.25, 0.3) is 0 Å². The Kier molecular flexibility index (Phi) is 4.94. The van der Waals surface area contributed by atoms with E-state index in [4.69, 9.17) is 10.5 Å². The molecule has 3 heteroatoms. The minimum atomic E-state index is 0.0360. The zero-order chi connectivity index (χ0) is 13.8. The molecular weight excluding hydrogens is 236 g/mol. The van der Waals surface area contributed by atoms with Crippen LogP contribution in [0.25, 0.3) is 0 Å². The Hall–Kier alpha value is -0.930. The Morgan fingerprint density at radius 1 is 1.47 bits per heavy atom. The van der Waals surface area contributed by atoms with E-state index in [0.29, 0.717) is 11.8 Å². The lowest BCUT2D eigenvalue weighted by molar-refractivity contribution is 0.00484. The molecule has 1 aliphatic carbocycles. The van der Waals surface area contributed by atoms with Gasteiger partial charge in [-0.25, -0.2) is 0 Å². The quantitative estimate of drug-likeness (QED) is 0.887. The molecule has 3 unspecified atom stereocenters. The standard InChI is InChI=1S/C16H26N2O/c1-4-19-16(11(2)3)14(17)13-9-5-7-12-8-6-10-18-15(12)13/h6,8,10-11,13-14,16H,4-5,7,9,17H2,1-3H3. The van der Waals surface area contributed by atoms with Crippen molar-refractivity contribution in [3.63, 3.8) is 0 Å². The van der Waals surface area contributed by atoms with Crippen LogP contribution in [0.3, 0.4) is 0 Å². The third-order valence-corrected chi connectivity index (χ3v) is 4.10. The van der Waals surface area contributed by atoms with E-state index in [9.17, 15) is 0 Å². The van der Waals surface area contributed by atoms with E-state index >= 15 is 0 Å². The molecule has 0 fully saturated rings. The summed E-state index contributed by atoms with van der Waals surface area (Å²) in [5.41, 5.74) is 9.10. The summed E-state index contributed by atoms with van der Waals surface area (Å²) in [6.45, 7) is 7.12. The highest BCUT2D eigenvalue weighted by Gasteiger charge is 2.33. The average Bonchev–Trinajstić information content (AvgIpc) is 2.43. The monoisotopic (exact) mass is 262 g/mol. The van der Waals surface area contributed by atoms with Gasteiger partial charge in [-0.1, -0.05) is 19.9 Å². The Bertz CT molecular complexity index is 405. The molecule has 0 saturated carbocycles. The predicted octanol–water partition coefficient (Wildman–Crippen LogP) is 2.89. The molecule has 0 amide bonds. The van der Waals surface area contributed by atoms with E-state index in [0.717, 1.165) is 19.4 Å². The van der Waals surface area contributed by atoms with Crippen LogP contribution in [-0.4, -0.2) is 23.7 Å². The van der Waals surface area contributed by atoms with Gasteiger partial charge >= 0.3 is 0 Å². The molecular formula is C16H26N2O. The number of hydrogen-bond acceptors (Lipinski definition) is 3. The first-order valence-electron chi connectivity index (χ1n) is 7.46. The van der Waals surface area contributed by atoms with Gasteiger partial charge in [0.2, 0.25) is 0 Å². The van der Waals surface area contributed by atoms with E-state index in [1.165, 1.54) is 17.7 Å². The number of nitrogens with two attached hydrogens (primary N) is 1. The highest BCUT2D eigenvalue weighted by Crippen LogP contribution is 2.34. The first kappa shape index (κ1) is 14.5. The van der Waals surface area contributed by atoms with Crippen molar-refractivity contribution >= 4 is 0 Å². The third-order valence-electron chi connectivity index (χ3n) is 4.10. The maximum atomic E-state index is 6.53. The number of ether oxygens (including phenoxy) is 1. The van der Waals surface area contributed by atoms with Gasteiger partial charge in [-0.2, -0.15) is 0 Å². The summed E-state index contributed by atoms with van der Waals surface area (Å²) >= 11 is 0. The highest BCUT2D eigenvalue weighted by molar-refractivity contribution is 5.27. The van der Waals surface area contributed by atoms with Crippen molar-refractivity contribution in [2.24, 2.45) is 11.7 Å². The van der Waals surface area contributed by atoms with Crippen LogP contribution in [0.1, 0.15) is 50.8 Å². The fourth-order valence-corrected chi connectivity index (χ4v) is 3.19. The highest BCUT2D eigenvalue weighted by atomic mass is 16.5. The van der Waals surface area contributed by atoms with E-state index < -0.39 is 0 Å². The van der Waals surface area contributed by atoms with Crippen molar-refractivity contribution in [3.8, 4) is 0 Å². The smallest absolute Gasteiger partial charge is 0.0755 e. The molecule has 1 heterocycles. The second-order valence-corrected chi connectivity index (χ2v) is 5.79. The van der Waals surface area contributed by atoms with Crippen molar-refractivity contribution in [1.82, 2.24) is 4.98 Å². The number of aromatic nitrogens is 1. The Morgan fingerprint density at radius 2 is 2.26 bits per heavy atom. The number of rotatable bonds is 5. The van der Waals surface area contributed by atoms with Crippen LogP contribution in [0, 0.1) is 5.92 Å². The second kappa shape index (κ2) is 6.49. The number of nitrogens with zero attached hydrogens (tertiary/aromatic N) is 1. The molecule has 2 N–H and O–H groups in total. The minimum Gasteiger partial charge on any atom is -0.377 e. The lowest BCUT2D eigenvalue weighted by Crippen LogP contribution is -2.45. The molecule has 1 aromatic rings. The number of pyridine rings is 1. The van der Waals surface area contributed by atoms with Gasteiger partial charge in [-0.05, 0) is 43.7 Å². The van der Waals surface area contributed by atoms with Crippen LogP contribution in [0.15, 0.2) is 18.3 Å². The molecule has 3 nitrogen and oxygen atoms in total. The van der Waals surface area contributed by atoms with E-state index in [1.54, 1.807) is 0 Å². The van der Waals surface area contributed by atoms with E-state index in [1.807, 2.05) is 19.2 Å². The van der Waals surface area contributed by atoms with Gasteiger partial charge in [0, 0.05) is 30.5 Å². The Morgan fingerprint density at radius 3 is 2.95 bits per heavy atom. The SMILES string of the molecule is CCOC(C(C)C)C(N)C1CCCc2cccnc21. The van der Waals surface area contributed by atoms with Gasteiger partial charge in [0.15, 0.2) is 0 Å².